The van der Waals surface area contributed by atoms with Crippen molar-refractivity contribution in [3.05, 3.63) is 42.5 Å². The quantitative estimate of drug-likeness (QED) is 0.438. The molecule has 25 heavy (non-hydrogen) atoms. The molecule has 3 rings (SSSR count). The van der Waals surface area contributed by atoms with Crippen molar-refractivity contribution in [3.8, 4) is 6.07 Å². The van der Waals surface area contributed by atoms with Gasteiger partial charge in [-0.2, -0.15) is 10.4 Å². The van der Waals surface area contributed by atoms with Crippen molar-refractivity contribution < 1.29 is 9.53 Å². The Balaban J connectivity index is 2.01. The lowest BCUT2D eigenvalue weighted by Crippen LogP contribution is -2.17. The molecule has 0 amide bonds. The van der Waals surface area contributed by atoms with Gasteiger partial charge in [-0.05, 0) is 38.1 Å². The van der Waals surface area contributed by atoms with Gasteiger partial charge in [-0.1, -0.05) is 18.2 Å². The third-order valence-corrected chi connectivity index (χ3v) is 3.96. The van der Waals surface area contributed by atoms with Gasteiger partial charge in [0.15, 0.2) is 0 Å². The molecule has 1 heterocycles. The number of nitrogens with zero attached hydrogens (tertiary/aromatic N) is 3. The molecule has 1 aromatic heterocycles. The Morgan fingerprint density at radius 2 is 1.96 bits per heavy atom. The molecule has 0 fully saturated rings. The Bertz CT molecular complexity index is 1010. The van der Waals surface area contributed by atoms with E-state index in [4.69, 9.17) is 10.00 Å². The summed E-state index contributed by atoms with van der Waals surface area (Å²) in [4.78, 5) is 11.6. The number of nitriles is 1. The third kappa shape index (κ3) is 3.04. The monoisotopic (exact) mass is 334 g/mol. The third-order valence-electron chi connectivity index (χ3n) is 3.96. The van der Waals surface area contributed by atoms with E-state index in [0.717, 1.165) is 22.8 Å². The molecule has 6 heteroatoms. The molecule has 0 atom stereocenters. The zero-order valence-electron chi connectivity index (χ0n) is 14.1. The number of aromatic nitrogens is 1. The first-order valence-electron chi connectivity index (χ1n) is 8.11. The maximum Gasteiger partial charge on any atom is 0.369 e. The predicted octanol–water partition coefficient (Wildman–Crippen LogP) is 3.67. The molecule has 0 aliphatic carbocycles. The Hall–Kier alpha value is -3.33. The maximum atomic E-state index is 11.6. The molecule has 0 aliphatic rings. The minimum Gasteiger partial charge on any atom is -0.461 e. The number of carbonyl (C=O) groups excluding carboxylic acids is 1. The van der Waals surface area contributed by atoms with Crippen molar-refractivity contribution in [1.29, 1.82) is 5.26 Å². The zero-order chi connectivity index (χ0) is 17.8. The number of carbonyl (C=O) groups is 1. The van der Waals surface area contributed by atoms with E-state index in [1.54, 1.807) is 13.0 Å². The number of fused-ring (bicyclic) bond motifs is 3. The van der Waals surface area contributed by atoms with Crippen molar-refractivity contribution in [1.82, 2.24) is 4.57 Å². The predicted molar refractivity (Wildman–Crippen MR) is 98.4 cm³/mol. The van der Waals surface area contributed by atoms with Crippen molar-refractivity contribution in [3.63, 3.8) is 0 Å². The fourth-order valence-corrected chi connectivity index (χ4v) is 2.90. The number of aryl methyl sites for hydroxylation is 1. The number of para-hydroxylation sites is 1. The molecular weight excluding hydrogens is 316 g/mol. The minimum absolute atomic E-state index is 0.196. The van der Waals surface area contributed by atoms with Crippen LogP contribution in [0.1, 0.15) is 13.8 Å². The van der Waals surface area contributed by atoms with Crippen LogP contribution < -0.4 is 5.43 Å². The molecular formula is C19H18N4O2. The zero-order valence-corrected chi connectivity index (χ0v) is 14.1. The standard InChI is InChI=1S/C19H18N4O2/c1-3-23-17-8-6-5-7-14(17)15-11-13(9-10-18(15)23)21-22-16(12-20)19(24)25-4-2/h5-11,21H,3-4H2,1-2H3/b22-16-. The number of hydrogen-bond donors (Lipinski definition) is 1. The summed E-state index contributed by atoms with van der Waals surface area (Å²) < 4.78 is 7.04. The number of anilines is 1. The molecule has 1 N–H and O–H groups in total. The number of hydrazone groups is 1. The largest absolute Gasteiger partial charge is 0.461 e. The normalized spacial score (nSPS) is 11.5. The van der Waals surface area contributed by atoms with Gasteiger partial charge in [0.2, 0.25) is 5.71 Å². The lowest BCUT2D eigenvalue weighted by atomic mass is 10.1. The Labute approximate surface area is 145 Å². The average Bonchev–Trinajstić information content (AvgIpc) is 2.95. The molecule has 3 aromatic rings. The lowest BCUT2D eigenvalue weighted by Gasteiger charge is -2.04. The number of esters is 1. The second-order valence-electron chi connectivity index (χ2n) is 5.40. The molecule has 0 bridgehead atoms. The number of benzene rings is 2. The van der Waals surface area contributed by atoms with Gasteiger partial charge in [-0.25, -0.2) is 4.79 Å². The fraction of sp³-hybridized carbons (Fsp3) is 0.211. The summed E-state index contributed by atoms with van der Waals surface area (Å²) >= 11 is 0. The fourth-order valence-electron chi connectivity index (χ4n) is 2.90. The van der Waals surface area contributed by atoms with Gasteiger partial charge in [-0.15, -0.1) is 0 Å². The Morgan fingerprint density at radius 3 is 2.68 bits per heavy atom. The summed E-state index contributed by atoms with van der Waals surface area (Å²) in [5, 5.41) is 15.1. The van der Waals surface area contributed by atoms with E-state index in [2.05, 4.69) is 34.2 Å². The summed E-state index contributed by atoms with van der Waals surface area (Å²) in [5.74, 6) is -0.735. The van der Waals surface area contributed by atoms with Gasteiger partial charge in [0.25, 0.3) is 0 Å². The molecule has 2 aromatic carbocycles. The van der Waals surface area contributed by atoms with Gasteiger partial charge in [0, 0.05) is 28.4 Å². The molecule has 0 radical (unpaired) electrons. The second kappa shape index (κ2) is 7.05. The number of nitrogens with one attached hydrogen (secondary N) is 1. The van der Waals surface area contributed by atoms with Gasteiger partial charge >= 0.3 is 5.97 Å². The highest BCUT2D eigenvalue weighted by molar-refractivity contribution is 6.43. The first-order valence-corrected chi connectivity index (χ1v) is 8.11. The van der Waals surface area contributed by atoms with Crippen LogP contribution in [0.3, 0.4) is 0 Å². The van der Waals surface area contributed by atoms with E-state index in [-0.39, 0.29) is 12.3 Å². The highest BCUT2D eigenvalue weighted by atomic mass is 16.5. The van der Waals surface area contributed by atoms with Crippen molar-refractivity contribution in [2.24, 2.45) is 5.10 Å². The van der Waals surface area contributed by atoms with Gasteiger partial charge < -0.3 is 9.30 Å². The lowest BCUT2D eigenvalue weighted by molar-refractivity contribution is -0.134. The van der Waals surface area contributed by atoms with E-state index >= 15 is 0 Å². The topological polar surface area (TPSA) is 79.4 Å². The summed E-state index contributed by atoms with van der Waals surface area (Å²) in [6, 6.07) is 15.8. The van der Waals surface area contributed by atoms with Crippen LogP contribution in [0.15, 0.2) is 47.6 Å². The van der Waals surface area contributed by atoms with E-state index < -0.39 is 5.97 Å². The SMILES string of the molecule is CCOC(=O)/C(C#N)=N\Nc1ccc2c(c1)c1ccccc1n2CC. The van der Waals surface area contributed by atoms with Crippen LogP contribution >= 0.6 is 0 Å². The summed E-state index contributed by atoms with van der Waals surface area (Å²) in [6.45, 7) is 4.86. The van der Waals surface area contributed by atoms with Gasteiger partial charge in [-0.3, -0.25) is 5.43 Å². The molecule has 6 nitrogen and oxygen atoms in total. The maximum absolute atomic E-state index is 11.6. The molecule has 0 saturated carbocycles. The van der Waals surface area contributed by atoms with Gasteiger partial charge in [0.05, 0.1) is 12.3 Å². The van der Waals surface area contributed by atoms with Crippen LogP contribution in [0.25, 0.3) is 21.8 Å². The highest BCUT2D eigenvalue weighted by Crippen LogP contribution is 2.30. The van der Waals surface area contributed by atoms with E-state index in [1.165, 1.54) is 5.52 Å². The first kappa shape index (κ1) is 16.5. The van der Waals surface area contributed by atoms with Crippen LogP contribution in [0.5, 0.6) is 0 Å². The summed E-state index contributed by atoms with van der Waals surface area (Å²) in [7, 11) is 0. The summed E-state index contributed by atoms with van der Waals surface area (Å²) in [6.07, 6.45) is 0. The molecule has 0 spiro atoms. The van der Waals surface area contributed by atoms with Crippen molar-refractivity contribution in [2.45, 2.75) is 20.4 Å². The smallest absolute Gasteiger partial charge is 0.369 e. The van der Waals surface area contributed by atoms with Crippen molar-refractivity contribution in [2.75, 3.05) is 12.0 Å². The van der Waals surface area contributed by atoms with Crippen LogP contribution in [0.4, 0.5) is 5.69 Å². The Morgan fingerprint density at radius 1 is 1.20 bits per heavy atom. The van der Waals surface area contributed by atoms with Crippen LogP contribution in [-0.4, -0.2) is 22.9 Å². The second-order valence-corrected chi connectivity index (χ2v) is 5.40. The summed E-state index contributed by atoms with van der Waals surface area (Å²) in [5.41, 5.74) is 5.46. The highest BCUT2D eigenvalue weighted by Gasteiger charge is 2.12. The molecule has 126 valence electrons. The average molecular weight is 334 g/mol. The van der Waals surface area contributed by atoms with Gasteiger partial charge in [0.1, 0.15) is 6.07 Å². The number of hydrogen-bond acceptors (Lipinski definition) is 5. The Kier molecular flexibility index (Phi) is 4.66. The van der Waals surface area contributed by atoms with Crippen LogP contribution in [0, 0.1) is 11.3 Å². The van der Waals surface area contributed by atoms with E-state index in [9.17, 15) is 4.79 Å². The van der Waals surface area contributed by atoms with E-state index in [1.807, 2.05) is 30.3 Å². The molecule has 0 saturated heterocycles. The molecule has 0 unspecified atom stereocenters. The number of rotatable bonds is 5. The van der Waals surface area contributed by atoms with Crippen LogP contribution in [-0.2, 0) is 16.1 Å². The first-order chi connectivity index (χ1) is 12.2. The molecule has 0 aliphatic heterocycles. The van der Waals surface area contributed by atoms with Crippen LogP contribution in [0.2, 0.25) is 0 Å². The van der Waals surface area contributed by atoms with E-state index in [0.29, 0.717) is 5.69 Å². The van der Waals surface area contributed by atoms with Crippen molar-refractivity contribution >= 4 is 39.2 Å². The number of ether oxygens (including phenoxy) is 1. The minimum atomic E-state index is -0.735.